The monoisotopic (exact) mass is 393 g/mol. The fourth-order valence-electron chi connectivity index (χ4n) is 2.99. The Morgan fingerprint density at radius 2 is 1.86 bits per heavy atom. The maximum absolute atomic E-state index is 12.2. The molecule has 28 heavy (non-hydrogen) atoms. The highest BCUT2D eigenvalue weighted by atomic mass is 32.1. The highest BCUT2D eigenvalue weighted by molar-refractivity contribution is 7.13. The molecule has 4 nitrogen and oxygen atoms in total. The zero-order valence-corrected chi connectivity index (χ0v) is 17.3. The highest BCUT2D eigenvalue weighted by Crippen LogP contribution is 2.24. The van der Waals surface area contributed by atoms with Gasteiger partial charge >= 0.3 is 0 Å². The van der Waals surface area contributed by atoms with E-state index in [1.165, 1.54) is 11.1 Å². The highest BCUT2D eigenvalue weighted by Gasteiger charge is 2.09. The fourth-order valence-corrected chi connectivity index (χ4v) is 3.82. The SMILES string of the molecule is Cc1ccc(-c2nc(CC(=O)NCCCN(C)Cc3ccccc3)cs2)cc1. The minimum absolute atomic E-state index is 0.0338. The van der Waals surface area contributed by atoms with Gasteiger partial charge in [0.15, 0.2) is 0 Å². The van der Waals surface area contributed by atoms with E-state index in [1.807, 2.05) is 11.4 Å². The van der Waals surface area contributed by atoms with Crippen LogP contribution in [0.25, 0.3) is 10.6 Å². The number of hydrogen-bond acceptors (Lipinski definition) is 4. The molecule has 0 saturated heterocycles. The Hall–Kier alpha value is -2.50. The molecule has 0 aliphatic carbocycles. The number of carbonyl (C=O) groups excluding carboxylic acids is 1. The van der Waals surface area contributed by atoms with Gasteiger partial charge in [0.1, 0.15) is 5.01 Å². The zero-order valence-electron chi connectivity index (χ0n) is 16.5. The minimum Gasteiger partial charge on any atom is -0.356 e. The van der Waals surface area contributed by atoms with Gasteiger partial charge in [0.2, 0.25) is 5.91 Å². The van der Waals surface area contributed by atoms with Crippen molar-refractivity contribution >= 4 is 17.2 Å². The lowest BCUT2D eigenvalue weighted by Crippen LogP contribution is -2.29. The zero-order chi connectivity index (χ0) is 19.8. The van der Waals surface area contributed by atoms with Gasteiger partial charge in [-0.1, -0.05) is 60.2 Å². The molecule has 1 N–H and O–H groups in total. The number of nitrogens with zero attached hydrogens (tertiary/aromatic N) is 2. The number of rotatable bonds is 9. The molecular formula is C23H27N3OS. The van der Waals surface area contributed by atoms with Crippen molar-refractivity contribution in [2.24, 2.45) is 0 Å². The Morgan fingerprint density at radius 1 is 1.11 bits per heavy atom. The number of aromatic nitrogens is 1. The second-order valence-corrected chi connectivity index (χ2v) is 7.97. The molecule has 0 bridgehead atoms. The summed E-state index contributed by atoms with van der Waals surface area (Å²) in [6.07, 6.45) is 1.27. The number of benzene rings is 2. The number of aryl methyl sites for hydroxylation is 1. The van der Waals surface area contributed by atoms with Crippen LogP contribution < -0.4 is 5.32 Å². The largest absolute Gasteiger partial charge is 0.356 e. The van der Waals surface area contributed by atoms with Crippen molar-refractivity contribution in [3.63, 3.8) is 0 Å². The maximum atomic E-state index is 12.2. The molecule has 0 atom stereocenters. The summed E-state index contributed by atoms with van der Waals surface area (Å²) in [5.74, 6) is 0.0338. The number of thiazole rings is 1. The molecule has 5 heteroatoms. The van der Waals surface area contributed by atoms with Crippen LogP contribution in [0.15, 0.2) is 60.0 Å². The lowest BCUT2D eigenvalue weighted by atomic mass is 10.2. The van der Waals surface area contributed by atoms with Crippen LogP contribution in [-0.4, -0.2) is 35.9 Å². The van der Waals surface area contributed by atoms with Gasteiger partial charge in [0.05, 0.1) is 12.1 Å². The van der Waals surface area contributed by atoms with E-state index in [0.29, 0.717) is 13.0 Å². The molecule has 0 spiro atoms. The first kappa shape index (κ1) is 20.2. The van der Waals surface area contributed by atoms with Crippen LogP contribution in [0.1, 0.15) is 23.2 Å². The minimum atomic E-state index is 0.0338. The predicted octanol–water partition coefficient (Wildman–Crippen LogP) is 4.30. The molecule has 3 aromatic rings. The third kappa shape index (κ3) is 6.29. The summed E-state index contributed by atoms with van der Waals surface area (Å²) < 4.78 is 0. The van der Waals surface area contributed by atoms with Gasteiger partial charge in [0, 0.05) is 24.0 Å². The Morgan fingerprint density at radius 3 is 2.61 bits per heavy atom. The average Bonchev–Trinajstić information content (AvgIpc) is 3.15. The second kappa shape index (κ2) is 10.2. The number of hydrogen-bond donors (Lipinski definition) is 1. The maximum Gasteiger partial charge on any atom is 0.226 e. The van der Waals surface area contributed by atoms with Gasteiger partial charge < -0.3 is 10.2 Å². The molecule has 0 aliphatic rings. The first-order valence-electron chi connectivity index (χ1n) is 9.61. The van der Waals surface area contributed by atoms with E-state index in [4.69, 9.17) is 0 Å². The predicted molar refractivity (Wildman–Crippen MR) is 116 cm³/mol. The van der Waals surface area contributed by atoms with Crippen LogP contribution in [0, 0.1) is 6.92 Å². The normalized spacial score (nSPS) is 11.0. The van der Waals surface area contributed by atoms with E-state index < -0.39 is 0 Å². The molecule has 0 fully saturated rings. The van der Waals surface area contributed by atoms with E-state index in [0.717, 1.165) is 35.8 Å². The second-order valence-electron chi connectivity index (χ2n) is 7.11. The summed E-state index contributed by atoms with van der Waals surface area (Å²) in [6, 6.07) is 18.7. The Kier molecular flexibility index (Phi) is 7.34. The van der Waals surface area contributed by atoms with Crippen LogP contribution in [-0.2, 0) is 17.8 Å². The molecule has 146 valence electrons. The molecule has 0 radical (unpaired) electrons. The quantitative estimate of drug-likeness (QED) is 0.551. The van der Waals surface area contributed by atoms with Crippen LogP contribution in [0.3, 0.4) is 0 Å². The molecule has 1 heterocycles. The summed E-state index contributed by atoms with van der Waals surface area (Å²) >= 11 is 1.59. The van der Waals surface area contributed by atoms with E-state index in [-0.39, 0.29) is 5.91 Å². The molecular weight excluding hydrogens is 366 g/mol. The van der Waals surface area contributed by atoms with Crippen LogP contribution in [0.5, 0.6) is 0 Å². The van der Waals surface area contributed by atoms with Crippen molar-refractivity contribution in [3.05, 3.63) is 76.8 Å². The number of nitrogens with one attached hydrogen (secondary N) is 1. The summed E-state index contributed by atoms with van der Waals surface area (Å²) in [4.78, 5) is 19.1. The van der Waals surface area contributed by atoms with Gasteiger partial charge in [-0.3, -0.25) is 4.79 Å². The first-order valence-corrected chi connectivity index (χ1v) is 10.5. The molecule has 2 aromatic carbocycles. The van der Waals surface area contributed by atoms with Crippen molar-refractivity contribution < 1.29 is 4.79 Å². The van der Waals surface area contributed by atoms with Crippen LogP contribution >= 0.6 is 11.3 Å². The van der Waals surface area contributed by atoms with Gasteiger partial charge in [-0.15, -0.1) is 11.3 Å². The Bertz CT molecular complexity index is 874. The van der Waals surface area contributed by atoms with Gasteiger partial charge in [-0.2, -0.15) is 0 Å². The van der Waals surface area contributed by atoms with Crippen molar-refractivity contribution in [2.75, 3.05) is 20.1 Å². The Balaban J connectivity index is 1.37. The number of amides is 1. The lowest BCUT2D eigenvalue weighted by Gasteiger charge is -2.16. The summed E-state index contributed by atoms with van der Waals surface area (Å²) in [5.41, 5.74) is 4.47. The lowest BCUT2D eigenvalue weighted by molar-refractivity contribution is -0.120. The standard InChI is InChI=1S/C23H27N3OS/c1-18-9-11-20(12-10-18)23-25-21(17-28-23)15-22(27)24-13-6-14-26(2)16-19-7-4-3-5-8-19/h3-5,7-12,17H,6,13-16H2,1-2H3,(H,24,27). The van der Waals surface area contributed by atoms with Crippen molar-refractivity contribution in [1.29, 1.82) is 0 Å². The van der Waals surface area contributed by atoms with Crippen LogP contribution in [0.4, 0.5) is 0 Å². The third-order valence-corrected chi connectivity index (χ3v) is 5.47. The summed E-state index contributed by atoms with van der Waals surface area (Å²) in [6.45, 7) is 4.63. The van der Waals surface area contributed by atoms with Gasteiger partial charge in [-0.05, 0) is 32.5 Å². The molecule has 3 rings (SSSR count). The molecule has 0 unspecified atom stereocenters. The summed E-state index contributed by atoms with van der Waals surface area (Å²) in [5, 5.41) is 5.94. The smallest absolute Gasteiger partial charge is 0.226 e. The number of carbonyl (C=O) groups is 1. The summed E-state index contributed by atoms with van der Waals surface area (Å²) in [7, 11) is 2.11. The van der Waals surface area contributed by atoms with E-state index in [9.17, 15) is 4.79 Å². The average molecular weight is 394 g/mol. The van der Waals surface area contributed by atoms with Crippen molar-refractivity contribution in [3.8, 4) is 10.6 Å². The van der Waals surface area contributed by atoms with Crippen molar-refractivity contribution in [1.82, 2.24) is 15.2 Å². The van der Waals surface area contributed by atoms with E-state index >= 15 is 0 Å². The van der Waals surface area contributed by atoms with Gasteiger partial charge in [0.25, 0.3) is 0 Å². The Labute approximate surface area is 171 Å². The molecule has 1 amide bonds. The third-order valence-electron chi connectivity index (χ3n) is 4.53. The van der Waals surface area contributed by atoms with E-state index in [1.54, 1.807) is 11.3 Å². The molecule has 0 aliphatic heterocycles. The van der Waals surface area contributed by atoms with Gasteiger partial charge in [-0.25, -0.2) is 4.98 Å². The molecule has 1 aromatic heterocycles. The molecule has 0 saturated carbocycles. The van der Waals surface area contributed by atoms with Crippen LogP contribution in [0.2, 0.25) is 0 Å². The first-order chi connectivity index (χ1) is 13.6. The van der Waals surface area contributed by atoms with Crippen molar-refractivity contribution in [2.45, 2.75) is 26.3 Å². The topological polar surface area (TPSA) is 45.2 Å². The fraction of sp³-hybridized carbons (Fsp3) is 0.304. The van der Waals surface area contributed by atoms with E-state index in [2.05, 4.69) is 77.7 Å².